The van der Waals surface area contributed by atoms with Gasteiger partial charge in [0.2, 0.25) is 17.7 Å². The van der Waals surface area contributed by atoms with Crippen LogP contribution in [0.2, 0.25) is 6.04 Å². The van der Waals surface area contributed by atoms with E-state index in [4.69, 9.17) is 13.3 Å². The van der Waals surface area contributed by atoms with Gasteiger partial charge in [0.1, 0.15) is 16.6 Å². The molecule has 0 rings (SSSR count). The maximum Gasteiger partial charge on any atom is 0.501 e. The number of amides is 3. The maximum atomic E-state index is 14.0. The second-order valence-corrected chi connectivity index (χ2v) is 36.0. The largest absolute Gasteiger partial charge is 0.501 e. The topological polar surface area (TPSA) is 236 Å². The molecule has 626 valence electrons. The van der Waals surface area contributed by atoms with Gasteiger partial charge >= 0.3 is 8.80 Å². The molecule has 0 aromatic heterocycles. The highest BCUT2D eigenvalue weighted by molar-refractivity contribution is 6.60. The fourth-order valence-electron chi connectivity index (χ4n) is 14.8. The predicted octanol–water partition coefficient (Wildman–Crippen LogP) is 20.6. The van der Waals surface area contributed by atoms with Crippen LogP contribution in [0, 0.1) is 0 Å². The number of carbonyl (C=O) groups excluding carboxylic acids is 3. The molecule has 0 saturated heterocycles. The van der Waals surface area contributed by atoms with E-state index in [1.807, 2.05) is 0 Å². The minimum Gasteiger partial charge on any atom is -0.394 e. The Labute approximate surface area is 649 Å². The van der Waals surface area contributed by atoms with E-state index in [1.165, 1.54) is 276 Å². The van der Waals surface area contributed by atoms with Crippen LogP contribution in [0.25, 0.3) is 0 Å². The Bertz CT molecular complexity index is 1690. The van der Waals surface area contributed by atoms with Gasteiger partial charge in [0, 0.05) is 31.7 Å². The molecule has 17 heteroatoms. The molecular weight excluding hydrogens is 1330 g/mol. The number of quaternary nitrogens is 1. The van der Waals surface area contributed by atoms with Crippen LogP contribution in [-0.2, 0) is 27.7 Å². The van der Waals surface area contributed by atoms with Gasteiger partial charge in [-0.3, -0.25) is 14.4 Å². The third-order valence-electron chi connectivity index (χ3n) is 22.5. The molecule has 9 N–H and O–H groups in total. The van der Waals surface area contributed by atoms with E-state index >= 15 is 0 Å². The first-order valence-corrected chi connectivity index (χ1v) is 47.4. The first kappa shape index (κ1) is 103. The van der Waals surface area contributed by atoms with Crippen molar-refractivity contribution in [3.8, 4) is 0 Å². The van der Waals surface area contributed by atoms with E-state index in [-0.39, 0.29) is 43.0 Å². The molecule has 0 spiro atoms. The summed E-state index contributed by atoms with van der Waals surface area (Å²) >= 11 is 0. The Kier molecular flexibility index (Phi) is 72.4. The van der Waals surface area contributed by atoms with Crippen LogP contribution in [0.1, 0.15) is 439 Å². The maximum absolute atomic E-state index is 14.0. The lowest BCUT2D eigenvalue weighted by atomic mass is 10.0. The zero-order valence-electron chi connectivity index (χ0n) is 70.3. The van der Waals surface area contributed by atoms with Gasteiger partial charge in [0.25, 0.3) is 0 Å². The molecule has 0 saturated carbocycles. The Morgan fingerprint density at radius 2 is 0.419 bits per heavy atom. The molecule has 0 aromatic carbocycles. The molecule has 16 nitrogen and oxygen atoms in total. The first-order chi connectivity index (χ1) is 51.2. The first-order valence-electron chi connectivity index (χ1n) is 45.5. The molecule has 0 aliphatic carbocycles. The fourth-order valence-corrected chi connectivity index (χ4v) is 17.6. The third-order valence-corrected chi connectivity index (χ3v) is 25.3. The number of carbonyl (C=O) groups is 3. The van der Waals surface area contributed by atoms with E-state index in [9.17, 15) is 45.0 Å². The van der Waals surface area contributed by atoms with E-state index in [0.29, 0.717) is 32.2 Å². The third kappa shape index (κ3) is 59.6. The summed E-state index contributed by atoms with van der Waals surface area (Å²) in [7, 11) is -2.09. The molecule has 0 heterocycles. The second kappa shape index (κ2) is 73.7. The van der Waals surface area contributed by atoms with Crippen LogP contribution in [-0.4, -0.2) is 164 Å². The average Bonchev–Trinajstić information content (AvgIpc) is 0.810. The zero-order valence-corrected chi connectivity index (χ0v) is 71.3. The molecule has 0 aliphatic rings. The van der Waals surface area contributed by atoms with Crippen molar-refractivity contribution in [1.82, 2.24) is 16.0 Å². The van der Waals surface area contributed by atoms with Crippen molar-refractivity contribution < 1.29 is 62.8 Å². The molecule has 0 bridgehead atoms. The van der Waals surface area contributed by atoms with Crippen LogP contribution in [0.4, 0.5) is 0 Å². The second-order valence-electron chi connectivity index (χ2n) is 33.2. The normalized spacial score (nSPS) is 12.5. The number of rotatable bonds is 86. The van der Waals surface area contributed by atoms with Crippen LogP contribution in [0.15, 0.2) is 0 Å². The summed E-state index contributed by atoms with van der Waals surface area (Å²) in [6.07, 6.45) is 71.6. The number of unbranched alkanes of at least 4 members (excludes halogenated alkanes) is 54. The summed E-state index contributed by atoms with van der Waals surface area (Å²) in [5.41, 5.74) is -5.10. The van der Waals surface area contributed by atoms with Crippen molar-refractivity contribution in [3.63, 3.8) is 0 Å². The Morgan fingerprint density at radius 1 is 0.257 bits per heavy atom. The highest BCUT2D eigenvalue weighted by atomic mass is 28.4. The predicted molar refractivity (Wildman–Crippen MR) is 444 cm³/mol. The summed E-state index contributed by atoms with van der Waals surface area (Å²) in [6, 6.07) is 0.134. The minimum atomic E-state index is -4.41. The summed E-state index contributed by atoms with van der Waals surface area (Å²) in [4.78, 5) is 41.9. The van der Waals surface area contributed by atoms with E-state index < -0.39 is 84.9 Å². The van der Waals surface area contributed by atoms with E-state index in [0.717, 1.165) is 101 Å². The number of aliphatic hydroxyl groups excluding tert-OH is 6. The van der Waals surface area contributed by atoms with Gasteiger partial charge in [-0.25, -0.2) is 0 Å². The number of nitrogens with one attached hydrogen (secondary N) is 3. The summed E-state index contributed by atoms with van der Waals surface area (Å²) < 4.78 is 21.8. The van der Waals surface area contributed by atoms with Gasteiger partial charge in [-0.05, 0) is 44.9 Å². The van der Waals surface area contributed by atoms with Crippen molar-refractivity contribution >= 4 is 26.5 Å². The van der Waals surface area contributed by atoms with Gasteiger partial charge in [0.15, 0.2) is 0 Å². The number of nitrogens with zero attached hydrogens (tertiary/aromatic N) is 1. The molecule has 0 unspecified atom stereocenters. The van der Waals surface area contributed by atoms with Gasteiger partial charge in [-0.1, -0.05) is 369 Å². The molecular formula is C88H179N4O12Si+. The average molecular weight is 1510 g/mol. The Hall–Kier alpha value is -1.77. The molecule has 0 atom stereocenters. The molecule has 105 heavy (non-hydrogen) atoms. The van der Waals surface area contributed by atoms with Crippen LogP contribution in [0.3, 0.4) is 0 Å². The van der Waals surface area contributed by atoms with Gasteiger partial charge < -0.3 is 64.4 Å². The van der Waals surface area contributed by atoms with Gasteiger partial charge in [-0.15, -0.1) is 0 Å². The van der Waals surface area contributed by atoms with Gasteiger partial charge in [0.05, 0.1) is 86.1 Å². The molecule has 0 fully saturated rings. The summed E-state index contributed by atoms with van der Waals surface area (Å²) in [5, 5.41) is 76.4. The highest BCUT2D eigenvalue weighted by Crippen LogP contribution is 2.28. The van der Waals surface area contributed by atoms with Crippen molar-refractivity contribution in [2.45, 2.75) is 462 Å². The molecule has 0 radical (unpaired) electrons. The van der Waals surface area contributed by atoms with E-state index in [2.05, 4.69) is 57.6 Å². The molecule has 0 aromatic rings. The summed E-state index contributed by atoms with van der Waals surface area (Å²) in [6.45, 7) is 8.37. The fraction of sp³-hybridized carbons (Fsp3) is 0.966. The smallest absolute Gasteiger partial charge is 0.394 e. The number of aliphatic hydroxyl groups is 6. The van der Waals surface area contributed by atoms with Crippen molar-refractivity contribution in [1.29, 1.82) is 0 Å². The standard InChI is InChI=1S/C88H178N4O12Si/c1-7-12-17-22-27-30-33-36-39-42-45-48-51-56-61-67-83(99)89-86(74-93,75-94)80-102-105(73-66-72-92(6,70-64-59-54-25-20-15-10-4)71-65-60-55-26-21-16-11-5,103-81-87(76-95,77-96)90-84(100)68-62-57-52-49-46-43-40-37-34-31-28-23-18-13-8-2)104-82-88(78-97,79-98)91-85(101)69-63-58-53-50-47-44-41-38-35-32-29-24-19-14-9-3/h93-98H,7-82H2,1-6H3,(H2-,89,90,91,99,100,101)/p+1. The monoisotopic (exact) mass is 1510 g/mol. The van der Waals surface area contributed by atoms with E-state index in [1.54, 1.807) is 0 Å². The van der Waals surface area contributed by atoms with Crippen molar-refractivity contribution in [3.05, 3.63) is 0 Å². The van der Waals surface area contributed by atoms with Crippen molar-refractivity contribution in [2.24, 2.45) is 0 Å². The van der Waals surface area contributed by atoms with Gasteiger partial charge in [-0.2, -0.15) is 0 Å². The van der Waals surface area contributed by atoms with Crippen LogP contribution >= 0.6 is 0 Å². The minimum absolute atomic E-state index is 0.134. The number of hydrogen-bond donors (Lipinski definition) is 9. The quantitative estimate of drug-likeness (QED) is 0.0157. The van der Waals surface area contributed by atoms with Crippen molar-refractivity contribution in [2.75, 3.05) is 86.1 Å². The lowest BCUT2D eigenvalue weighted by Crippen LogP contribution is -2.65. The highest BCUT2D eigenvalue weighted by Gasteiger charge is 2.49. The summed E-state index contributed by atoms with van der Waals surface area (Å²) in [5.74, 6) is -1.04. The number of hydrogen-bond acceptors (Lipinski definition) is 12. The van der Waals surface area contributed by atoms with Crippen LogP contribution in [0.5, 0.6) is 0 Å². The Morgan fingerprint density at radius 3 is 0.600 bits per heavy atom. The molecule has 3 amide bonds. The molecule has 0 aliphatic heterocycles. The SMILES string of the molecule is CCCCCCCCCCCCCCCCCC(=O)NC(CO)(CO)CO[Si](CCC[N+](C)(CCCCCCCCC)CCCCCCCCC)(OCC(CO)(CO)NC(=O)CCCCCCCCCCCCCCCCC)OCC(CO)(CO)NC(=O)CCCCCCCCCCCCCCCCC. The lowest BCUT2D eigenvalue weighted by molar-refractivity contribution is -0.910. The zero-order chi connectivity index (χ0) is 77.2. The Balaban J connectivity index is 6.99. The van der Waals surface area contributed by atoms with Crippen LogP contribution < -0.4 is 16.0 Å². The lowest BCUT2D eigenvalue weighted by Gasteiger charge is -2.41.